The van der Waals surface area contributed by atoms with Crippen molar-refractivity contribution in [2.24, 2.45) is 0 Å². The highest BCUT2D eigenvalue weighted by molar-refractivity contribution is 6.32. The van der Waals surface area contributed by atoms with Crippen LogP contribution in [0.2, 0.25) is 5.02 Å². The van der Waals surface area contributed by atoms with Crippen molar-refractivity contribution in [1.29, 1.82) is 0 Å². The Morgan fingerprint density at radius 3 is 1.62 bits per heavy atom. The summed E-state index contributed by atoms with van der Waals surface area (Å²) in [5.74, 6) is -2.57. The number of hydrogen-bond donors (Lipinski definition) is 6. The van der Waals surface area contributed by atoms with Gasteiger partial charge in [-0.25, -0.2) is 19.2 Å². The zero-order chi connectivity index (χ0) is 51.9. The summed E-state index contributed by atoms with van der Waals surface area (Å²) in [5, 5.41) is 21.3. The number of carbonyl (C=O) groups excluding carboxylic acids is 6. The number of rotatable bonds is 19. The number of anilines is 2. The van der Waals surface area contributed by atoms with E-state index in [0.29, 0.717) is 39.7 Å². The topological polar surface area (TPSA) is 295 Å². The third-order valence-corrected chi connectivity index (χ3v) is 12.1. The molecule has 7 N–H and O–H groups in total. The van der Waals surface area contributed by atoms with E-state index in [-0.39, 0.29) is 36.6 Å². The number of ether oxygens (including phenoxy) is 6. The molecule has 0 bridgehead atoms. The summed E-state index contributed by atoms with van der Waals surface area (Å²) in [6, 6.07) is 17.4. The van der Waals surface area contributed by atoms with Gasteiger partial charge in [0.05, 0.1) is 44.7 Å². The van der Waals surface area contributed by atoms with Crippen LogP contribution in [0.1, 0.15) is 63.9 Å². The highest BCUT2D eigenvalue weighted by Gasteiger charge is 2.27. The number of fused-ring (bicyclic) bond motifs is 2. The lowest BCUT2D eigenvalue weighted by atomic mass is 9.95. The maximum absolute atomic E-state index is 13.1. The van der Waals surface area contributed by atoms with Crippen molar-refractivity contribution in [2.75, 3.05) is 52.7 Å². The molecule has 6 aromatic rings. The number of amides is 2. The summed E-state index contributed by atoms with van der Waals surface area (Å²) in [6.45, 7) is -0.490. The molecule has 1 aliphatic carbocycles. The maximum Gasteiger partial charge on any atom is 0.343 e. The van der Waals surface area contributed by atoms with Gasteiger partial charge in [-0.05, 0) is 90.7 Å². The fraction of sp³-hybridized carbons (Fsp3) is 0.320. The Kier molecular flexibility index (Phi) is 18.4. The van der Waals surface area contributed by atoms with Crippen LogP contribution < -0.4 is 31.2 Å². The first-order valence-corrected chi connectivity index (χ1v) is 23.0. The second kappa shape index (κ2) is 25.0. The Morgan fingerprint density at radius 2 is 1.17 bits per heavy atom. The lowest BCUT2D eigenvalue weighted by Crippen LogP contribution is -2.43. The van der Waals surface area contributed by atoms with Crippen LogP contribution in [-0.2, 0) is 51.0 Å². The number of nitrogens with two attached hydrogens (primary N) is 1. The van der Waals surface area contributed by atoms with Crippen molar-refractivity contribution in [3.05, 3.63) is 123 Å². The number of nitro groups is 1. The second-order valence-electron chi connectivity index (χ2n) is 16.5. The number of carbonyl (C=O) groups is 6. The van der Waals surface area contributed by atoms with Crippen LogP contribution in [-0.4, -0.2) is 110 Å². The van der Waals surface area contributed by atoms with E-state index in [1.165, 1.54) is 59.8 Å². The number of H-pyrrole nitrogens is 2. The number of nitrogen functional groups attached to an aromatic ring is 1. The number of hydrogen-bond acceptors (Lipinski definition) is 16. The smallest absolute Gasteiger partial charge is 0.343 e. The second-order valence-corrected chi connectivity index (χ2v) is 16.9. The Balaban J connectivity index is 0.000000237. The zero-order valence-electron chi connectivity index (χ0n) is 39.8. The SMILES string of the molecule is COC(=O)COc1ccc2[nH]cc(C[C@H](NC(=O)c3ccc(Cl)c([N+](=O)[O-])c3)C(=O)OC)c2c1.COC(=O)COc1ccc2[nH]cc(C[C@H](NC(=O)c3ccc(NC4CCCCC4)c(N)c3)C(=O)OC)c2c1. The van der Waals surface area contributed by atoms with E-state index >= 15 is 0 Å². The molecule has 4 aromatic carbocycles. The molecule has 1 saturated carbocycles. The molecule has 21 nitrogen and oxygen atoms in total. The predicted molar refractivity (Wildman–Crippen MR) is 265 cm³/mol. The van der Waals surface area contributed by atoms with Gasteiger partial charge in [0.1, 0.15) is 28.6 Å². The molecule has 0 radical (unpaired) electrons. The van der Waals surface area contributed by atoms with Gasteiger partial charge in [-0.15, -0.1) is 0 Å². The lowest BCUT2D eigenvalue weighted by molar-refractivity contribution is -0.384. The van der Waals surface area contributed by atoms with Crippen molar-refractivity contribution in [3.63, 3.8) is 0 Å². The van der Waals surface area contributed by atoms with Crippen LogP contribution in [0.25, 0.3) is 21.8 Å². The van der Waals surface area contributed by atoms with Crippen LogP contribution in [0.5, 0.6) is 11.5 Å². The summed E-state index contributed by atoms with van der Waals surface area (Å²) < 4.78 is 29.8. The van der Waals surface area contributed by atoms with Crippen LogP contribution in [0.4, 0.5) is 17.1 Å². The van der Waals surface area contributed by atoms with Crippen LogP contribution >= 0.6 is 11.6 Å². The highest BCUT2D eigenvalue weighted by Crippen LogP contribution is 2.29. The van der Waals surface area contributed by atoms with Crippen LogP contribution in [0, 0.1) is 10.1 Å². The monoisotopic (exact) mass is 1010 g/mol. The van der Waals surface area contributed by atoms with Crippen molar-refractivity contribution >= 4 is 86.2 Å². The van der Waals surface area contributed by atoms with E-state index in [0.717, 1.165) is 46.6 Å². The van der Waals surface area contributed by atoms with E-state index in [9.17, 15) is 38.9 Å². The summed E-state index contributed by atoms with van der Waals surface area (Å²) in [5.41, 5.74) is 10.4. The van der Waals surface area contributed by atoms with Gasteiger partial charge in [0.25, 0.3) is 17.5 Å². The van der Waals surface area contributed by atoms with Crippen LogP contribution in [0.15, 0.2) is 85.2 Å². The van der Waals surface area contributed by atoms with Gasteiger partial charge in [0, 0.05) is 70.3 Å². The zero-order valence-corrected chi connectivity index (χ0v) is 40.6. The fourth-order valence-corrected chi connectivity index (χ4v) is 8.11. The minimum atomic E-state index is -1.09. The number of benzene rings is 4. The van der Waals surface area contributed by atoms with Gasteiger partial charge in [-0.3, -0.25) is 19.7 Å². The van der Waals surface area contributed by atoms with Crippen molar-refractivity contribution in [2.45, 2.75) is 63.1 Å². The molecule has 2 amide bonds. The number of methoxy groups -OCH3 is 4. The average molecular weight is 1010 g/mol. The van der Waals surface area contributed by atoms with E-state index in [2.05, 4.69) is 35.4 Å². The number of halogens is 1. The molecule has 72 heavy (non-hydrogen) atoms. The van der Waals surface area contributed by atoms with E-state index in [4.69, 9.17) is 36.3 Å². The first-order chi connectivity index (χ1) is 34.6. The lowest BCUT2D eigenvalue weighted by Gasteiger charge is -2.24. The average Bonchev–Trinajstić information content (AvgIpc) is 3.99. The molecular formula is C50H54ClN7O14. The molecule has 0 saturated heterocycles. The van der Waals surface area contributed by atoms with Gasteiger partial charge in [0.15, 0.2) is 13.2 Å². The number of esters is 4. The van der Waals surface area contributed by atoms with E-state index in [1.54, 1.807) is 54.9 Å². The standard InChI is InChI=1S/C28H34N4O6.C22H20ClN3O8/c1-36-26(33)16-38-20-9-11-23-21(14-20)18(15-30-23)13-25(28(35)37-2)32-27(34)17-8-10-24(22(29)12-17)31-19-6-4-3-5-7-19;1-32-20(27)11-34-14-4-6-17-15(9-14)13(10-24-17)7-18(22(29)33-2)25-21(28)12-3-5-16(23)19(8-12)26(30)31/h8-12,14-15,19,25,30-31H,3-7,13,16,29H2,1-2H3,(H,32,34);3-6,8-10,18,24H,7,11H2,1-2H3,(H,25,28)/t25-;18-/m00/s1. The van der Waals surface area contributed by atoms with Gasteiger partial charge < -0.3 is 60.1 Å². The van der Waals surface area contributed by atoms with Gasteiger partial charge in [0.2, 0.25) is 0 Å². The summed E-state index contributed by atoms with van der Waals surface area (Å²) in [7, 11) is 5.00. The maximum atomic E-state index is 13.1. The molecule has 22 heteroatoms. The molecule has 0 spiro atoms. The number of aromatic amines is 2. The molecule has 1 fully saturated rings. The normalized spacial score (nSPS) is 13.1. The molecule has 7 rings (SSSR count). The number of nitrogens with one attached hydrogen (secondary N) is 5. The first-order valence-electron chi connectivity index (χ1n) is 22.6. The van der Waals surface area contributed by atoms with Gasteiger partial charge in [-0.2, -0.15) is 0 Å². The van der Waals surface area contributed by atoms with Crippen LogP contribution in [0.3, 0.4) is 0 Å². The number of aromatic nitrogens is 2. The molecule has 0 unspecified atom stereocenters. The predicted octanol–water partition coefficient (Wildman–Crippen LogP) is 6.36. The van der Waals surface area contributed by atoms with E-state index < -0.39 is 58.4 Å². The quantitative estimate of drug-likeness (QED) is 0.0169. The van der Waals surface area contributed by atoms with Crippen molar-refractivity contribution in [3.8, 4) is 11.5 Å². The minimum Gasteiger partial charge on any atom is -0.482 e. The minimum absolute atomic E-state index is 0.0394. The highest BCUT2D eigenvalue weighted by atomic mass is 35.5. The summed E-state index contributed by atoms with van der Waals surface area (Å²) in [6.07, 6.45) is 9.53. The van der Waals surface area contributed by atoms with E-state index in [1.807, 2.05) is 12.1 Å². The number of nitro benzene ring substituents is 1. The third kappa shape index (κ3) is 13.9. The summed E-state index contributed by atoms with van der Waals surface area (Å²) >= 11 is 5.80. The van der Waals surface area contributed by atoms with Crippen molar-refractivity contribution in [1.82, 2.24) is 20.6 Å². The van der Waals surface area contributed by atoms with Crippen molar-refractivity contribution < 1.29 is 62.1 Å². The Bertz CT molecular complexity index is 2950. The number of nitrogens with zero attached hydrogens (tertiary/aromatic N) is 1. The fourth-order valence-electron chi connectivity index (χ4n) is 7.92. The first kappa shape index (κ1) is 53.0. The molecule has 2 heterocycles. The van der Waals surface area contributed by atoms with Gasteiger partial charge in [-0.1, -0.05) is 30.9 Å². The molecule has 0 aliphatic heterocycles. The molecular weight excluding hydrogens is 958 g/mol. The Labute approximate surface area is 417 Å². The summed E-state index contributed by atoms with van der Waals surface area (Å²) in [4.78, 5) is 90.2. The Morgan fingerprint density at radius 1 is 0.681 bits per heavy atom. The molecule has 1 aliphatic rings. The largest absolute Gasteiger partial charge is 0.482 e. The Hall–Kier alpha value is -8.33. The van der Waals surface area contributed by atoms with Gasteiger partial charge >= 0.3 is 23.9 Å². The molecule has 2 aromatic heterocycles. The third-order valence-electron chi connectivity index (χ3n) is 11.8. The molecule has 2 atom stereocenters. The molecule has 380 valence electrons.